The van der Waals surface area contributed by atoms with Crippen molar-refractivity contribution >= 4 is 23.4 Å². The third kappa shape index (κ3) is 3.38. The summed E-state index contributed by atoms with van der Waals surface area (Å²) in [5, 5.41) is 0.288. The van der Waals surface area contributed by atoms with Gasteiger partial charge in [-0.05, 0) is 37.1 Å². The molecular weight excluding hydrogens is 333 g/mol. The van der Waals surface area contributed by atoms with Gasteiger partial charge in [-0.2, -0.15) is 0 Å². The first-order chi connectivity index (χ1) is 11.5. The maximum atomic E-state index is 14.0. The number of carbonyl (C=O) groups excluding carboxylic acids is 2. The molecule has 0 unspecified atom stereocenters. The Morgan fingerprint density at radius 3 is 2.58 bits per heavy atom. The lowest BCUT2D eigenvalue weighted by molar-refractivity contribution is 0.0727. The fourth-order valence-corrected chi connectivity index (χ4v) is 2.66. The van der Waals surface area contributed by atoms with E-state index in [0.717, 1.165) is 12.8 Å². The second-order valence-corrected chi connectivity index (χ2v) is 6.07. The Bertz CT molecular complexity index is 771. The van der Waals surface area contributed by atoms with Crippen molar-refractivity contribution in [3.63, 3.8) is 0 Å². The zero-order chi connectivity index (χ0) is 17.3. The molecular formula is C17H15ClFN3O2. The number of hydrogen-bond donors (Lipinski definition) is 1. The minimum Gasteiger partial charge on any atom is -0.364 e. The van der Waals surface area contributed by atoms with Crippen LogP contribution < -0.4 is 5.73 Å². The molecule has 0 bridgehead atoms. The van der Waals surface area contributed by atoms with Gasteiger partial charge in [-0.3, -0.25) is 14.6 Å². The van der Waals surface area contributed by atoms with E-state index in [0.29, 0.717) is 11.1 Å². The molecule has 0 atom stereocenters. The smallest absolute Gasteiger partial charge is 0.267 e. The predicted octanol–water partition coefficient (Wildman–Crippen LogP) is 2.78. The largest absolute Gasteiger partial charge is 0.364 e. The topological polar surface area (TPSA) is 76.3 Å². The van der Waals surface area contributed by atoms with Crippen LogP contribution in [0.5, 0.6) is 0 Å². The number of nitrogens with zero attached hydrogens (tertiary/aromatic N) is 2. The molecule has 24 heavy (non-hydrogen) atoms. The summed E-state index contributed by atoms with van der Waals surface area (Å²) in [6, 6.07) is 7.39. The second-order valence-electron chi connectivity index (χ2n) is 5.66. The standard InChI is InChI=1S/C17H15ClFN3O2/c18-13-2-1-3-14(19)12(13)9-22(11-5-6-11)17(24)10-4-7-15(16(20)23)21-8-10/h1-4,7-8,11H,5-6,9H2,(H2,20,23). The molecule has 0 radical (unpaired) electrons. The van der Waals surface area contributed by atoms with E-state index in [2.05, 4.69) is 4.98 Å². The first-order valence-electron chi connectivity index (χ1n) is 7.47. The number of halogens is 2. The van der Waals surface area contributed by atoms with Gasteiger partial charge < -0.3 is 10.6 Å². The molecule has 1 saturated carbocycles. The van der Waals surface area contributed by atoms with E-state index in [1.54, 1.807) is 11.0 Å². The summed E-state index contributed by atoms with van der Waals surface area (Å²) < 4.78 is 14.0. The van der Waals surface area contributed by atoms with E-state index in [1.165, 1.54) is 30.5 Å². The lowest BCUT2D eigenvalue weighted by atomic mass is 10.1. The Hall–Kier alpha value is -2.47. The Balaban J connectivity index is 1.85. The quantitative estimate of drug-likeness (QED) is 0.903. The Kier molecular flexibility index (Phi) is 4.49. The highest BCUT2D eigenvalue weighted by Crippen LogP contribution is 2.31. The zero-order valence-electron chi connectivity index (χ0n) is 12.7. The maximum Gasteiger partial charge on any atom is 0.267 e. The number of amides is 2. The van der Waals surface area contributed by atoms with E-state index in [-0.39, 0.29) is 29.2 Å². The fourth-order valence-electron chi connectivity index (χ4n) is 2.44. The van der Waals surface area contributed by atoms with Crippen molar-refractivity contribution in [1.29, 1.82) is 0 Å². The first kappa shape index (κ1) is 16.4. The molecule has 1 fully saturated rings. The zero-order valence-corrected chi connectivity index (χ0v) is 13.5. The third-order valence-corrected chi connectivity index (χ3v) is 4.26. The average Bonchev–Trinajstić information content (AvgIpc) is 3.39. The summed E-state index contributed by atoms with van der Waals surface area (Å²) in [5.74, 6) is -1.38. The van der Waals surface area contributed by atoms with Crippen LogP contribution in [-0.2, 0) is 6.54 Å². The monoisotopic (exact) mass is 347 g/mol. The van der Waals surface area contributed by atoms with Gasteiger partial charge in [0.1, 0.15) is 11.5 Å². The van der Waals surface area contributed by atoms with E-state index in [1.807, 2.05) is 0 Å². The van der Waals surface area contributed by atoms with Crippen LogP contribution in [0.1, 0.15) is 39.3 Å². The molecule has 1 aliphatic rings. The molecule has 0 spiro atoms. The molecule has 1 aromatic heterocycles. The summed E-state index contributed by atoms with van der Waals surface area (Å²) in [6.45, 7) is 0.0899. The molecule has 2 aromatic rings. The van der Waals surface area contributed by atoms with Gasteiger partial charge in [-0.25, -0.2) is 4.39 Å². The van der Waals surface area contributed by atoms with Gasteiger partial charge >= 0.3 is 0 Å². The van der Waals surface area contributed by atoms with Gasteiger partial charge in [0, 0.05) is 22.8 Å². The lowest BCUT2D eigenvalue weighted by Gasteiger charge is -2.23. The van der Waals surface area contributed by atoms with Gasteiger partial charge in [0.25, 0.3) is 11.8 Å². The number of rotatable bonds is 5. The van der Waals surface area contributed by atoms with E-state index >= 15 is 0 Å². The van der Waals surface area contributed by atoms with Crippen LogP contribution in [0.2, 0.25) is 5.02 Å². The molecule has 3 rings (SSSR count). The Labute approximate surface area is 143 Å². The molecule has 124 valence electrons. The lowest BCUT2D eigenvalue weighted by Crippen LogP contribution is -2.33. The number of hydrogen-bond acceptors (Lipinski definition) is 3. The van der Waals surface area contributed by atoms with Crippen molar-refractivity contribution in [1.82, 2.24) is 9.88 Å². The minimum atomic E-state index is -0.661. The molecule has 2 N–H and O–H groups in total. The number of aromatic nitrogens is 1. The van der Waals surface area contributed by atoms with Crippen LogP contribution in [0.25, 0.3) is 0 Å². The molecule has 2 amide bonds. The van der Waals surface area contributed by atoms with Gasteiger partial charge in [-0.15, -0.1) is 0 Å². The molecule has 5 nitrogen and oxygen atoms in total. The summed E-state index contributed by atoms with van der Waals surface area (Å²) >= 11 is 6.06. The van der Waals surface area contributed by atoms with Gasteiger partial charge in [0.2, 0.25) is 0 Å². The van der Waals surface area contributed by atoms with Gasteiger partial charge in [-0.1, -0.05) is 17.7 Å². The highest BCUT2D eigenvalue weighted by Gasteiger charge is 2.34. The minimum absolute atomic E-state index is 0.0592. The number of benzene rings is 1. The van der Waals surface area contributed by atoms with E-state index in [9.17, 15) is 14.0 Å². The van der Waals surface area contributed by atoms with Crippen LogP contribution in [-0.4, -0.2) is 27.7 Å². The highest BCUT2D eigenvalue weighted by molar-refractivity contribution is 6.31. The van der Waals surface area contributed by atoms with Crippen molar-refractivity contribution in [2.45, 2.75) is 25.4 Å². The summed E-state index contributed by atoms with van der Waals surface area (Å²) in [6.07, 6.45) is 3.04. The average molecular weight is 348 g/mol. The first-order valence-corrected chi connectivity index (χ1v) is 7.85. The van der Waals surface area contributed by atoms with Crippen molar-refractivity contribution in [2.24, 2.45) is 5.73 Å². The Morgan fingerprint density at radius 1 is 1.29 bits per heavy atom. The summed E-state index contributed by atoms with van der Waals surface area (Å²) in [5.41, 5.74) is 5.84. The van der Waals surface area contributed by atoms with Crippen molar-refractivity contribution in [3.05, 3.63) is 64.2 Å². The van der Waals surface area contributed by atoms with Crippen molar-refractivity contribution in [3.8, 4) is 0 Å². The van der Waals surface area contributed by atoms with E-state index < -0.39 is 11.7 Å². The molecule has 7 heteroatoms. The molecule has 1 aliphatic carbocycles. The second kappa shape index (κ2) is 6.57. The summed E-state index contributed by atoms with van der Waals surface area (Å²) in [4.78, 5) is 29.3. The third-order valence-electron chi connectivity index (χ3n) is 3.90. The Morgan fingerprint density at radius 2 is 2.04 bits per heavy atom. The van der Waals surface area contributed by atoms with Crippen LogP contribution >= 0.6 is 11.6 Å². The van der Waals surface area contributed by atoms with E-state index in [4.69, 9.17) is 17.3 Å². The number of primary amides is 1. The molecule has 0 aliphatic heterocycles. The molecule has 1 heterocycles. The van der Waals surface area contributed by atoms with Gasteiger partial charge in [0.05, 0.1) is 12.1 Å². The van der Waals surface area contributed by atoms with Crippen molar-refractivity contribution in [2.75, 3.05) is 0 Å². The highest BCUT2D eigenvalue weighted by atomic mass is 35.5. The van der Waals surface area contributed by atoms with Crippen LogP contribution in [0.15, 0.2) is 36.5 Å². The normalized spacial score (nSPS) is 13.6. The molecule has 0 saturated heterocycles. The number of carbonyl (C=O) groups is 2. The van der Waals surface area contributed by atoms with Crippen LogP contribution in [0.3, 0.4) is 0 Å². The predicted molar refractivity (Wildman–Crippen MR) is 87.1 cm³/mol. The summed E-state index contributed by atoms with van der Waals surface area (Å²) in [7, 11) is 0. The number of nitrogens with two attached hydrogens (primary N) is 1. The van der Waals surface area contributed by atoms with Crippen molar-refractivity contribution < 1.29 is 14.0 Å². The maximum absolute atomic E-state index is 14.0. The SMILES string of the molecule is NC(=O)c1ccc(C(=O)N(Cc2c(F)cccc2Cl)C2CC2)cn1. The van der Waals surface area contributed by atoms with Crippen LogP contribution in [0.4, 0.5) is 4.39 Å². The fraction of sp³-hybridized carbons (Fsp3) is 0.235. The van der Waals surface area contributed by atoms with Crippen LogP contribution in [0, 0.1) is 5.82 Å². The number of pyridine rings is 1. The molecule has 1 aromatic carbocycles. The van der Waals surface area contributed by atoms with Gasteiger partial charge in [0.15, 0.2) is 0 Å².